The Balaban J connectivity index is 2.13. The minimum absolute atomic E-state index is 0.189. The van der Waals surface area contributed by atoms with Crippen LogP contribution >= 0.6 is 0 Å². The molecule has 0 aliphatic carbocycles. The molecule has 4 heteroatoms. The van der Waals surface area contributed by atoms with Crippen LogP contribution in [-0.4, -0.2) is 23.0 Å². The second-order valence-corrected chi connectivity index (χ2v) is 5.06. The van der Waals surface area contributed by atoms with Crippen LogP contribution in [0.3, 0.4) is 0 Å². The van der Waals surface area contributed by atoms with Crippen molar-refractivity contribution in [3.8, 4) is 0 Å². The van der Waals surface area contributed by atoms with Gasteiger partial charge in [0.15, 0.2) is 0 Å². The van der Waals surface area contributed by atoms with E-state index in [1.807, 2.05) is 49.4 Å². The fourth-order valence-electron chi connectivity index (χ4n) is 2.41. The molecule has 0 fully saturated rings. The highest BCUT2D eigenvalue weighted by atomic mass is 16.4. The van der Waals surface area contributed by atoms with Crippen molar-refractivity contribution < 1.29 is 14.7 Å². The zero-order chi connectivity index (χ0) is 15.2. The summed E-state index contributed by atoms with van der Waals surface area (Å²) in [7, 11) is 0. The van der Waals surface area contributed by atoms with Gasteiger partial charge in [-0.3, -0.25) is 4.79 Å². The second-order valence-electron chi connectivity index (χ2n) is 5.06. The molecule has 0 aromatic heterocycles. The Kier molecular flexibility index (Phi) is 4.93. The quantitative estimate of drug-likeness (QED) is 0.857. The summed E-state index contributed by atoms with van der Waals surface area (Å²) in [6.07, 6.45) is 1.34. The summed E-state index contributed by atoms with van der Waals surface area (Å²) in [6, 6.07) is 12.8. The van der Waals surface area contributed by atoms with Gasteiger partial charge in [0.25, 0.3) is 0 Å². The van der Waals surface area contributed by atoms with Crippen LogP contribution in [0.25, 0.3) is 10.8 Å². The van der Waals surface area contributed by atoms with E-state index in [2.05, 4.69) is 5.32 Å². The topological polar surface area (TPSA) is 66.4 Å². The molecule has 2 rings (SSSR count). The molecule has 0 heterocycles. The van der Waals surface area contributed by atoms with E-state index in [1.165, 1.54) is 0 Å². The van der Waals surface area contributed by atoms with Crippen LogP contribution in [0.2, 0.25) is 0 Å². The number of carboxylic acid groups (broad SMARTS) is 1. The van der Waals surface area contributed by atoms with Crippen molar-refractivity contribution in [2.75, 3.05) is 0 Å². The van der Waals surface area contributed by atoms with Gasteiger partial charge in [0.05, 0.1) is 6.42 Å². The first-order valence-corrected chi connectivity index (χ1v) is 7.10. The Bertz CT molecular complexity index is 646. The Labute approximate surface area is 123 Å². The maximum atomic E-state index is 12.1. The predicted octanol–water partition coefficient (Wildman–Crippen LogP) is 2.75. The number of nitrogens with one attached hydrogen (secondary N) is 1. The average Bonchev–Trinajstić information content (AvgIpc) is 2.47. The molecule has 21 heavy (non-hydrogen) atoms. The predicted molar refractivity (Wildman–Crippen MR) is 82.1 cm³/mol. The van der Waals surface area contributed by atoms with Crippen molar-refractivity contribution in [2.45, 2.75) is 32.2 Å². The summed E-state index contributed by atoms with van der Waals surface area (Å²) in [5.74, 6) is -1.24. The van der Waals surface area contributed by atoms with Gasteiger partial charge in [-0.15, -0.1) is 0 Å². The lowest BCUT2D eigenvalue weighted by Gasteiger charge is -2.14. The van der Waals surface area contributed by atoms with E-state index in [-0.39, 0.29) is 12.3 Å². The number of hydrogen-bond donors (Lipinski definition) is 2. The summed E-state index contributed by atoms with van der Waals surface area (Å²) in [4.78, 5) is 23.1. The molecule has 4 nitrogen and oxygen atoms in total. The Morgan fingerprint density at radius 3 is 2.57 bits per heavy atom. The van der Waals surface area contributed by atoms with Gasteiger partial charge in [-0.05, 0) is 22.8 Å². The molecule has 0 aliphatic heterocycles. The van der Waals surface area contributed by atoms with Gasteiger partial charge in [-0.25, -0.2) is 4.79 Å². The van der Waals surface area contributed by atoms with Crippen LogP contribution in [0.5, 0.6) is 0 Å². The van der Waals surface area contributed by atoms with Crippen LogP contribution in [0.4, 0.5) is 0 Å². The first kappa shape index (κ1) is 15.0. The van der Waals surface area contributed by atoms with Crippen molar-refractivity contribution in [3.05, 3.63) is 48.0 Å². The summed E-state index contributed by atoms with van der Waals surface area (Å²) in [5, 5.41) is 13.8. The largest absolute Gasteiger partial charge is 0.480 e. The maximum Gasteiger partial charge on any atom is 0.326 e. The van der Waals surface area contributed by atoms with Crippen LogP contribution in [-0.2, 0) is 16.0 Å². The van der Waals surface area contributed by atoms with Crippen LogP contribution in [0, 0.1) is 0 Å². The van der Waals surface area contributed by atoms with Gasteiger partial charge in [0.2, 0.25) is 5.91 Å². The zero-order valence-corrected chi connectivity index (χ0v) is 12.0. The third-order valence-electron chi connectivity index (χ3n) is 3.44. The average molecular weight is 285 g/mol. The number of amides is 1. The number of benzene rings is 2. The summed E-state index contributed by atoms with van der Waals surface area (Å²) >= 11 is 0. The van der Waals surface area contributed by atoms with Gasteiger partial charge in [-0.1, -0.05) is 55.8 Å². The van der Waals surface area contributed by atoms with Gasteiger partial charge >= 0.3 is 5.97 Å². The third-order valence-corrected chi connectivity index (χ3v) is 3.44. The highest BCUT2D eigenvalue weighted by molar-refractivity contribution is 5.91. The Morgan fingerprint density at radius 2 is 1.86 bits per heavy atom. The monoisotopic (exact) mass is 285 g/mol. The molecule has 110 valence electrons. The molecule has 0 radical (unpaired) electrons. The number of rotatable bonds is 6. The smallest absolute Gasteiger partial charge is 0.326 e. The first-order chi connectivity index (χ1) is 10.1. The molecule has 0 unspecified atom stereocenters. The molecule has 2 N–H and O–H groups in total. The number of carbonyl (C=O) groups excluding carboxylic acids is 1. The maximum absolute atomic E-state index is 12.1. The van der Waals surface area contributed by atoms with E-state index in [0.29, 0.717) is 12.8 Å². The number of carbonyl (C=O) groups is 2. The van der Waals surface area contributed by atoms with Crippen molar-refractivity contribution >= 4 is 22.6 Å². The van der Waals surface area contributed by atoms with E-state index >= 15 is 0 Å². The Morgan fingerprint density at radius 1 is 1.14 bits per heavy atom. The lowest BCUT2D eigenvalue weighted by atomic mass is 10.0. The first-order valence-electron chi connectivity index (χ1n) is 7.10. The minimum Gasteiger partial charge on any atom is -0.480 e. The molecule has 1 amide bonds. The molecular formula is C17H19NO3. The molecule has 0 aliphatic rings. The molecular weight excluding hydrogens is 266 g/mol. The van der Waals surface area contributed by atoms with Crippen molar-refractivity contribution in [3.63, 3.8) is 0 Å². The van der Waals surface area contributed by atoms with Crippen LogP contribution < -0.4 is 5.32 Å². The van der Waals surface area contributed by atoms with E-state index < -0.39 is 12.0 Å². The van der Waals surface area contributed by atoms with Crippen molar-refractivity contribution in [2.24, 2.45) is 0 Å². The second kappa shape index (κ2) is 6.88. The Hall–Kier alpha value is -2.36. The van der Waals surface area contributed by atoms with Gasteiger partial charge in [0.1, 0.15) is 6.04 Å². The molecule has 0 saturated heterocycles. The number of hydrogen-bond acceptors (Lipinski definition) is 2. The standard InChI is InChI=1S/C17H19NO3/c1-2-6-15(17(20)21)18-16(19)11-13-9-5-8-12-7-3-4-10-14(12)13/h3-5,7-10,15H,2,6,11H2,1H3,(H,18,19)(H,20,21)/t15-/m0/s1. The van der Waals surface area contributed by atoms with E-state index in [4.69, 9.17) is 5.11 Å². The van der Waals surface area contributed by atoms with Gasteiger partial charge < -0.3 is 10.4 Å². The SMILES string of the molecule is CCC[C@H](NC(=O)Cc1cccc2ccccc12)C(=O)O. The van der Waals surface area contributed by atoms with Crippen LogP contribution in [0.15, 0.2) is 42.5 Å². The molecule has 2 aromatic carbocycles. The summed E-state index contributed by atoms with van der Waals surface area (Å²) in [5.41, 5.74) is 0.909. The lowest BCUT2D eigenvalue weighted by molar-refractivity contribution is -0.141. The van der Waals surface area contributed by atoms with Gasteiger partial charge in [-0.2, -0.15) is 0 Å². The fourth-order valence-corrected chi connectivity index (χ4v) is 2.41. The normalized spacial score (nSPS) is 12.0. The minimum atomic E-state index is -0.983. The highest BCUT2D eigenvalue weighted by Gasteiger charge is 2.19. The summed E-state index contributed by atoms with van der Waals surface area (Å²) < 4.78 is 0. The third kappa shape index (κ3) is 3.81. The molecule has 0 spiro atoms. The number of fused-ring (bicyclic) bond motifs is 1. The molecule has 0 saturated carbocycles. The molecule has 1 atom stereocenters. The van der Waals surface area contributed by atoms with Crippen molar-refractivity contribution in [1.82, 2.24) is 5.32 Å². The van der Waals surface area contributed by atoms with Crippen LogP contribution in [0.1, 0.15) is 25.3 Å². The zero-order valence-electron chi connectivity index (χ0n) is 12.0. The van der Waals surface area contributed by atoms with Crippen molar-refractivity contribution in [1.29, 1.82) is 0 Å². The molecule has 2 aromatic rings. The van der Waals surface area contributed by atoms with E-state index in [0.717, 1.165) is 16.3 Å². The number of aliphatic carboxylic acids is 1. The molecule has 0 bridgehead atoms. The summed E-state index contributed by atoms with van der Waals surface area (Å²) in [6.45, 7) is 1.90. The number of carboxylic acids is 1. The van der Waals surface area contributed by atoms with E-state index in [9.17, 15) is 9.59 Å². The van der Waals surface area contributed by atoms with Gasteiger partial charge in [0, 0.05) is 0 Å². The van der Waals surface area contributed by atoms with E-state index in [1.54, 1.807) is 0 Å². The highest BCUT2D eigenvalue weighted by Crippen LogP contribution is 2.18. The fraction of sp³-hybridized carbons (Fsp3) is 0.294. The lowest BCUT2D eigenvalue weighted by Crippen LogP contribution is -2.41.